The van der Waals surface area contributed by atoms with Gasteiger partial charge in [-0.25, -0.2) is 9.59 Å². The smallest absolute Gasteiger partial charge is 0.338 e. The molecule has 154 valence electrons. The number of nitro groups is 1. The van der Waals surface area contributed by atoms with Crippen molar-refractivity contribution in [1.29, 1.82) is 0 Å². The quantitative estimate of drug-likeness (QED) is 0.377. The normalized spacial score (nSPS) is 10.4. The van der Waals surface area contributed by atoms with E-state index in [-0.39, 0.29) is 5.69 Å². The van der Waals surface area contributed by atoms with E-state index in [0.717, 1.165) is 13.1 Å². The molecule has 2 N–H and O–H groups in total. The van der Waals surface area contributed by atoms with E-state index in [4.69, 9.17) is 4.74 Å². The van der Waals surface area contributed by atoms with Crippen LogP contribution >= 0.6 is 0 Å². The van der Waals surface area contributed by atoms with Crippen LogP contribution in [0.3, 0.4) is 0 Å². The second-order valence-electron chi connectivity index (χ2n) is 6.12. The Morgan fingerprint density at radius 2 is 1.48 bits per heavy atom. The highest BCUT2D eigenvalue weighted by molar-refractivity contribution is 6.00. The topological polar surface area (TPSA) is 114 Å². The lowest BCUT2D eigenvalue weighted by Crippen LogP contribution is -2.27. The molecule has 2 amide bonds. The molecule has 0 saturated heterocycles. The number of nitro benzene ring substituents is 1. The van der Waals surface area contributed by atoms with Crippen LogP contribution in [0, 0.1) is 10.1 Å². The molecule has 0 aromatic heterocycles. The molecule has 29 heavy (non-hydrogen) atoms. The summed E-state index contributed by atoms with van der Waals surface area (Å²) in [6, 6.07) is 11.3. The van der Waals surface area contributed by atoms with Crippen molar-refractivity contribution in [3.05, 3.63) is 64.2 Å². The van der Waals surface area contributed by atoms with Gasteiger partial charge in [0.25, 0.3) is 5.69 Å². The third-order valence-electron chi connectivity index (χ3n) is 4.25. The third-order valence-corrected chi connectivity index (χ3v) is 4.25. The maximum Gasteiger partial charge on any atom is 0.338 e. The molecule has 0 atom stereocenters. The summed E-state index contributed by atoms with van der Waals surface area (Å²) in [5.74, 6) is -0.418. The number of hydrogen-bond acceptors (Lipinski definition) is 6. The Bertz CT molecular complexity index is 833. The molecular formula is C20H24N4O5. The molecular weight excluding hydrogens is 376 g/mol. The number of carbonyl (C=O) groups excluding carboxylic acids is 2. The number of nitrogens with zero attached hydrogens (tertiary/aromatic N) is 2. The molecule has 2 aromatic carbocycles. The summed E-state index contributed by atoms with van der Waals surface area (Å²) in [5.41, 5.74) is 1.24. The highest BCUT2D eigenvalue weighted by atomic mass is 16.6. The van der Waals surface area contributed by atoms with E-state index in [1.807, 2.05) is 0 Å². The molecule has 9 heteroatoms. The van der Waals surface area contributed by atoms with Gasteiger partial charge in [-0.3, -0.25) is 10.1 Å². The van der Waals surface area contributed by atoms with E-state index in [9.17, 15) is 19.7 Å². The molecule has 9 nitrogen and oxygen atoms in total. The summed E-state index contributed by atoms with van der Waals surface area (Å²) in [5, 5.41) is 15.8. The third kappa shape index (κ3) is 6.89. The lowest BCUT2D eigenvalue weighted by Gasteiger charge is -2.17. The number of nitrogens with one attached hydrogen (secondary N) is 2. The van der Waals surface area contributed by atoms with Crippen LogP contribution < -0.4 is 10.6 Å². The first-order chi connectivity index (χ1) is 13.9. The van der Waals surface area contributed by atoms with E-state index >= 15 is 0 Å². The SMILES string of the molecule is CCN(CC)CCOC(=O)c1ccc(NC(=O)Nc2ccc([N+](=O)[O-])cc2)cc1. The summed E-state index contributed by atoms with van der Waals surface area (Å²) < 4.78 is 5.26. The second-order valence-corrected chi connectivity index (χ2v) is 6.12. The van der Waals surface area contributed by atoms with E-state index < -0.39 is 16.9 Å². The van der Waals surface area contributed by atoms with Crippen LogP contribution in [0.1, 0.15) is 24.2 Å². The highest BCUT2D eigenvalue weighted by Crippen LogP contribution is 2.16. The largest absolute Gasteiger partial charge is 0.461 e. The van der Waals surface area contributed by atoms with Gasteiger partial charge in [-0.2, -0.15) is 0 Å². The standard InChI is InChI=1S/C20H24N4O5/c1-3-23(4-2)13-14-29-19(25)15-5-7-16(8-6-15)21-20(26)22-17-9-11-18(12-10-17)24(27)28/h5-12H,3-4,13-14H2,1-2H3,(H2,21,22,26). The van der Waals surface area contributed by atoms with Crippen LogP contribution in [0.25, 0.3) is 0 Å². The fourth-order valence-corrected chi connectivity index (χ4v) is 2.54. The summed E-state index contributed by atoms with van der Waals surface area (Å²) in [7, 11) is 0. The highest BCUT2D eigenvalue weighted by Gasteiger charge is 2.10. The number of rotatable bonds is 9. The Labute approximate surface area is 168 Å². The monoisotopic (exact) mass is 400 g/mol. The van der Waals surface area contributed by atoms with Crippen molar-refractivity contribution in [1.82, 2.24) is 4.90 Å². The van der Waals surface area contributed by atoms with Crippen molar-refractivity contribution >= 4 is 29.1 Å². The molecule has 0 aliphatic heterocycles. The minimum absolute atomic E-state index is 0.0597. The number of urea groups is 1. The maximum absolute atomic E-state index is 12.1. The van der Waals surface area contributed by atoms with Gasteiger partial charge < -0.3 is 20.3 Å². The van der Waals surface area contributed by atoms with Crippen LogP contribution in [0.4, 0.5) is 21.9 Å². The molecule has 0 aliphatic rings. The minimum atomic E-state index is -0.514. The first kappa shape index (κ1) is 21.8. The zero-order valence-electron chi connectivity index (χ0n) is 16.4. The van der Waals surface area contributed by atoms with Crippen molar-refractivity contribution in [2.45, 2.75) is 13.8 Å². The summed E-state index contributed by atoms with van der Waals surface area (Å²) in [6.45, 7) is 6.90. The zero-order chi connectivity index (χ0) is 21.2. The number of hydrogen-bond donors (Lipinski definition) is 2. The van der Waals surface area contributed by atoms with Crippen molar-refractivity contribution in [2.24, 2.45) is 0 Å². The number of non-ortho nitro benzene ring substituents is 1. The molecule has 0 fully saturated rings. The molecule has 0 bridgehead atoms. The lowest BCUT2D eigenvalue weighted by atomic mass is 10.2. The lowest BCUT2D eigenvalue weighted by molar-refractivity contribution is -0.384. The predicted octanol–water partition coefficient (Wildman–Crippen LogP) is 3.74. The van der Waals surface area contributed by atoms with E-state index in [0.29, 0.717) is 30.1 Å². The van der Waals surface area contributed by atoms with Crippen LogP contribution in [-0.2, 0) is 4.74 Å². The molecule has 2 rings (SSSR count). The molecule has 0 spiro atoms. The van der Waals surface area contributed by atoms with Gasteiger partial charge in [0, 0.05) is 30.1 Å². The van der Waals surface area contributed by atoms with Gasteiger partial charge in [0.05, 0.1) is 10.5 Å². The van der Waals surface area contributed by atoms with Gasteiger partial charge in [-0.05, 0) is 49.5 Å². The van der Waals surface area contributed by atoms with Crippen molar-refractivity contribution in [2.75, 3.05) is 36.9 Å². The van der Waals surface area contributed by atoms with Crippen molar-refractivity contribution < 1.29 is 19.2 Å². The van der Waals surface area contributed by atoms with E-state index in [2.05, 4.69) is 29.4 Å². The van der Waals surface area contributed by atoms with E-state index in [1.165, 1.54) is 24.3 Å². The predicted molar refractivity (Wildman–Crippen MR) is 110 cm³/mol. The van der Waals surface area contributed by atoms with Gasteiger partial charge in [-0.15, -0.1) is 0 Å². The number of likely N-dealkylation sites (N-methyl/N-ethyl adjacent to an activating group) is 1. The molecule has 0 unspecified atom stereocenters. The first-order valence-electron chi connectivity index (χ1n) is 9.25. The summed E-state index contributed by atoms with van der Waals surface area (Å²) in [4.78, 5) is 36.4. The minimum Gasteiger partial charge on any atom is -0.461 e. The molecule has 0 aliphatic carbocycles. The fraction of sp³-hybridized carbons (Fsp3) is 0.300. The van der Waals surface area contributed by atoms with Gasteiger partial charge in [0.15, 0.2) is 0 Å². The Balaban J connectivity index is 1.83. The van der Waals surface area contributed by atoms with Crippen molar-refractivity contribution in [3.8, 4) is 0 Å². The Morgan fingerprint density at radius 1 is 0.966 bits per heavy atom. The van der Waals surface area contributed by atoms with Crippen molar-refractivity contribution in [3.63, 3.8) is 0 Å². The number of amides is 2. The van der Waals surface area contributed by atoms with Gasteiger partial charge in [0.2, 0.25) is 0 Å². The Hall–Kier alpha value is -3.46. The van der Waals surface area contributed by atoms with Gasteiger partial charge >= 0.3 is 12.0 Å². The average Bonchev–Trinajstić information content (AvgIpc) is 2.72. The number of ether oxygens (including phenoxy) is 1. The van der Waals surface area contributed by atoms with Gasteiger partial charge in [0.1, 0.15) is 6.61 Å². The van der Waals surface area contributed by atoms with Crippen LogP contribution in [-0.4, -0.2) is 48.1 Å². The number of anilines is 2. The Morgan fingerprint density at radius 3 is 1.97 bits per heavy atom. The fourth-order valence-electron chi connectivity index (χ4n) is 2.54. The zero-order valence-corrected chi connectivity index (χ0v) is 16.4. The van der Waals surface area contributed by atoms with Gasteiger partial charge in [-0.1, -0.05) is 13.8 Å². The Kier molecular flexibility index (Phi) is 8.11. The van der Waals surface area contributed by atoms with Crippen LogP contribution in [0.15, 0.2) is 48.5 Å². The molecule has 0 heterocycles. The number of benzene rings is 2. The van der Waals surface area contributed by atoms with Crippen LogP contribution in [0.5, 0.6) is 0 Å². The average molecular weight is 400 g/mol. The van der Waals surface area contributed by atoms with E-state index in [1.54, 1.807) is 24.3 Å². The maximum atomic E-state index is 12.1. The molecule has 0 radical (unpaired) electrons. The summed E-state index contributed by atoms with van der Waals surface area (Å²) >= 11 is 0. The summed E-state index contributed by atoms with van der Waals surface area (Å²) in [6.07, 6.45) is 0. The number of esters is 1. The van der Waals surface area contributed by atoms with Crippen LogP contribution in [0.2, 0.25) is 0 Å². The molecule has 2 aromatic rings. The number of carbonyl (C=O) groups is 2. The first-order valence-corrected chi connectivity index (χ1v) is 9.25. The second kappa shape index (κ2) is 10.8. The molecule has 0 saturated carbocycles.